The van der Waals surface area contributed by atoms with Gasteiger partial charge in [0.1, 0.15) is 0 Å². The third-order valence-corrected chi connectivity index (χ3v) is 6.43. The molecule has 0 unspecified atom stereocenters. The molecule has 129 valence electrons. The van der Waals surface area contributed by atoms with Gasteiger partial charge in [0.05, 0.1) is 22.0 Å². The zero-order chi connectivity index (χ0) is 16.5. The topological polar surface area (TPSA) is 12.5 Å². The summed E-state index contributed by atoms with van der Waals surface area (Å²) in [6, 6.07) is 6.48. The lowest BCUT2D eigenvalue weighted by Crippen LogP contribution is -2.36. The van der Waals surface area contributed by atoms with Crippen molar-refractivity contribution in [2.24, 2.45) is 0 Å². The lowest BCUT2D eigenvalue weighted by molar-refractivity contribution is 0.0371. The molecule has 0 spiro atoms. The number of hydrogen-bond donors (Lipinski definition) is 0. The Hall–Kier alpha value is -0.353. The van der Waals surface area contributed by atoms with Gasteiger partial charge in [-0.05, 0) is 43.5 Å². The molecule has 0 saturated carbocycles. The minimum Gasteiger partial charge on any atom is -0.379 e. The number of rotatable bonds is 9. The molecule has 0 aromatic heterocycles. The molecular weight excluding hydrogens is 322 g/mol. The van der Waals surface area contributed by atoms with Gasteiger partial charge in [0.2, 0.25) is 0 Å². The van der Waals surface area contributed by atoms with Crippen molar-refractivity contribution in [2.45, 2.75) is 51.6 Å². The highest BCUT2D eigenvalue weighted by molar-refractivity contribution is 6.71. The number of morpholine rings is 1. The van der Waals surface area contributed by atoms with Gasteiger partial charge in [0, 0.05) is 18.1 Å². The fourth-order valence-corrected chi connectivity index (χ4v) is 4.71. The molecule has 0 N–H and O–H groups in total. The molecule has 0 atom stereocenters. The predicted octanol–water partition coefficient (Wildman–Crippen LogP) is 4.13. The van der Waals surface area contributed by atoms with Crippen LogP contribution in [0.4, 0.5) is 0 Å². The molecule has 23 heavy (non-hydrogen) atoms. The molecule has 0 bridgehead atoms. The van der Waals surface area contributed by atoms with E-state index in [4.69, 9.17) is 16.3 Å². The Kier molecular flexibility index (Phi) is 8.66. The second-order valence-corrected chi connectivity index (χ2v) is 9.75. The van der Waals surface area contributed by atoms with Crippen LogP contribution in [-0.4, -0.2) is 46.5 Å². The summed E-state index contributed by atoms with van der Waals surface area (Å²) >= 11 is 6.17. The van der Waals surface area contributed by atoms with Gasteiger partial charge in [0.15, 0.2) is 0 Å². The van der Waals surface area contributed by atoms with E-state index in [1.807, 2.05) is 6.07 Å². The molecule has 1 fully saturated rings. The summed E-state index contributed by atoms with van der Waals surface area (Å²) in [7, 11) is -0.395. The van der Waals surface area contributed by atoms with Gasteiger partial charge in [-0.1, -0.05) is 55.2 Å². The molecule has 2 nitrogen and oxygen atoms in total. The van der Waals surface area contributed by atoms with E-state index in [1.54, 1.807) is 5.19 Å². The first-order valence-electron chi connectivity index (χ1n) is 9.06. The Labute approximate surface area is 148 Å². The zero-order valence-corrected chi connectivity index (χ0v) is 16.5. The first-order valence-corrected chi connectivity index (χ1v) is 11.9. The van der Waals surface area contributed by atoms with Crippen LogP contribution >= 0.6 is 11.6 Å². The van der Waals surface area contributed by atoms with Crippen LogP contribution in [0.1, 0.15) is 37.7 Å². The van der Waals surface area contributed by atoms with E-state index < -0.39 is 8.80 Å². The molecule has 1 aliphatic rings. The van der Waals surface area contributed by atoms with Crippen LogP contribution in [0, 0.1) is 0 Å². The van der Waals surface area contributed by atoms with Crippen molar-refractivity contribution in [3.05, 3.63) is 28.8 Å². The number of halogens is 1. The molecule has 1 heterocycles. The van der Waals surface area contributed by atoms with Crippen LogP contribution in [0.15, 0.2) is 18.2 Å². The van der Waals surface area contributed by atoms with Gasteiger partial charge in [-0.2, -0.15) is 0 Å². The van der Waals surface area contributed by atoms with Crippen molar-refractivity contribution in [2.75, 3.05) is 32.8 Å². The van der Waals surface area contributed by atoms with Crippen molar-refractivity contribution in [3.8, 4) is 0 Å². The van der Waals surface area contributed by atoms with E-state index in [-0.39, 0.29) is 0 Å². The quantitative estimate of drug-likeness (QED) is 0.489. The monoisotopic (exact) mass is 352 g/mol. The van der Waals surface area contributed by atoms with Crippen LogP contribution in [0.25, 0.3) is 0 Å². The van der Waals surface area contributed by atoms with E-state index in [2.05, 4.69) is 30.1 Å². The van der Waals surface area contributed by atoms with Crippen LogP contribution in [0.5, 0.6) is 0 Å². The largest absolute Gasteiger partial charge is 0.379 e. The summed E-state index contributed by atoms with van der Waals surface area (Å²) in [4.78, 5) is 2.54. The highest BCUT2D eigenvalue weighted by Crippen LogP contribution is 2.14. The third kappa shape index (κ3) is 6.96. The van der Waals surface area contributed by atoms with Gasteiger partial charge in [-0.25, -0.2) is 0 Å². The summed E-state index contributed by atoms with van der Waals surface area (Å²) in [5.41, 5.74) is 1.49. The predicted molar refractivity (Wildman–Crippen MR) is 103 cm³/mol. The van der Waals surface area contributed by atoms with Crippen molar-refractivity contribution in [3.63, 3.8) is 0 Å². The maximum atomic E-state index is 6.17. The fourth-order valence-electron chi connectivity index (χ4n) is 3.26. The van der Waals surface area contributed by atoms with Crippen LogP contribution in [0.3, 0.4) is 0 Å². The Bertz CT molecular complexity index is 461. The fraction of sp³-hybridized carbons (Fsp3) is 0.684. The minimum absolute atomic E-state index is 0.395. The highest BCUT2D eigenvalue weighted by Gasteiger charge is 2.10. The van der Waals surface area contributed by atoms with E-state index in [0.717, 1.165) is 31.3 Å². The second-order valence-electron chi connectivity index (χ2n) is 6.77. The normalized spacial score (nSPS) is 16.2. The zero-order valence-electron chi connectivity index (χ0n) is 14.7. The molecule has 2 rings (SSSR count). The summed E-state index contributed by atoms with van der Waals surface area (Å²) in [6.45, 7) is 10.1. The average molecular weight is 353 g/mol. The van der Waals surface area contributed by atoms with Gasteiger partial charge >= 0.3 is 0 Å². The van der Waals surface area contributed by atoms with Crippen molar-refractivity contribution >= 4 is 25.6 Å². The Morgan fingerprint density at radius 3 is 2.48 bits per heavy atom. The molecule has 1 aromatic rings. The summed E-state index contributed by atoms with van der Waals surface area (Å²) in [5.74, 6) is 0. The standard InChI is InChI=1S/C19H31ClNOSi/c1-23(2)19-10-9-18(20)16-17(19)8-6-4-3-5-7-11-21-12-14-22-15-13-21/h9-10,16H,3-8,11-15H2,1-2H3. The SMILES string of the molecule is C[Si](C)c1ccc(Cl)cc1CCCCCCCN1CCOCC1. The molecule has 0 amide bonds. The average Bonchev–Trinajstić information content (AvgIpc) is 2.54. The minimum atomic E-state index is -0.395. The van der Waals surface area contributed by atoms with E-state index >= 15 is 0 Å². The van der Waals surface area contributed by atoms with Crippen molar-refractivity contribution in [1.29, 1.82) is 0 Å². The third-order valence-electron chi connectivity index (χ3n) is 4.63. The van der Waals surface area contributed by atoms with E-state index in [1.165, 1.54) is 50.6 Å². The maximum Gasteiger partial charge on any atom is 0.0795 e. The molecule has 0 aliphatic carbocycles. The summed E-state index contributed by atoms with van der Waals surface area (Å²) in [6.07, 6.45) is 7.87. The molecule has 1 saturated heterocycles. The lowest BCUT2D eigenvalue weighted by Gasteiger charge is -2.26. The number of benzene rings is 1. The number of hydrogen-bond acceptors (Lipinski definition) is 2. The number of aryl methyl sites for hydroxylation is 1. The number of nitrogens with zero attached hydrogens (tertiary/aromatic N) is 1. The molecular formula is C19H31ClNOSi. The summed E-state index contributed by atoms with van der Waals surface area (Å²) < 4.78 is 5.39. The molecule has 4 heteroatoms. The van der Waals surface area contributed by atoms with Gasteiger partial charge in [-0.3, -0.25) is 4.90 Å². The van der Waals surface area contributed by atoms with Crippen LogP contribution in [0.2, 0.25) is 18.1 Å². The molecule has 1 aromatic carbocycles. The van der Waals surface area contributed by atoms with Gasteiger partial charge in [-0.15, -0.1) is 0 Å². The lowest BCUT2D eigenvalue weighted by atomic mass is 10.1. The summed E-state index contributed by atoms with van der Waals surface area (Å²) in [5, 5.41) is 2.45. The van der Waals surface area contributed by atoms with Crippen LogP contribution in [-0.2, 0) is 11.2 Å². The molecule has 1 radical (unpaired) electrons. The second kappa shape index (κ2) is 10.5. The molecule has 1 aliphatic heterocycles. The van der Waals surface area contributed by atoms with E-state index in [9.17, 15) is 0 Å². The van der Waals surface area contributed by atoms with Gasteiger partial charge in [0.25, 0.3) is 0 Å². The Morgan fingerprint density at radius 1 is 1.04 bits per heavy atom. The van der Waals surface area contributed by atoms with Gasteiger partial charge < -0.3 is 4.74 Å². The smallest absolute Gasteiger partial charge is 0.0795 e. The maximum absolute atomic E-state index is 6.17. The van der Waals surface area contributed by atoms with Crippen molar-refractivity contribution < 1.29 is 4.74 Å². The Morgan fingerprint density at radius 2 is 1.74 bits per heavy atom. The highest BCUT2D eigenvalue weighted by atomic mass is 35.5. The van der Waals surface area contributed by atoms with Crippen LogP contribution < -0.4 is 5.19 Å². The van der Waals surface area contributed by atoms with Crippen molar-refractivity contribution in [1.82, 2.24) is 4.90 Å². The first-order chi connectivity index (χ1) is 11.2. The number of unbranched alkanes of at least 4 members (excludes halogenated alkanes) is 4. The number of ether oxygens (including phenoxy) is 1. The Balaban J connectivity index is 1.59. The first kappa shape index (κ1) is 19.0. The van der Waals surface area contributed by atoms with E-state index in [0.29, 0.717) is 0 Å².